The Labute approximate surface area is 116 Å². The van der Waals surface area contributed by atoms with Gasteiger partial charge in [0.05, 0.1) is 0 Å². The SMILES string of the molecule is CN(Cc1ccccc1)C(=O)c1ccc2ocnc2c1. The van der Waals surface area contributed by atoms with E-state index in [0.717, 1.165) is 5.56 Å². The van der Waals surface area contributed by atoms with Crippen molar-refractivity contribution in [2.24, 2.45) is 0 Å². The second-order valence-corrected chi connectivity index (χ2v) is 4.68. The van der Waals surface area contributed by atoms with Gasteiger partial charge in [-0.05, 0) is 23.8 Å². The average Bonchev–Trinajstić information content (AvgIpc) is 2.94. The van der Waals surface area contributed by atoms with Crippen LogP contribution in [0.15, 0.2) is 59.3 Å². The highest BCUT2D eigenvalue weighted by Crippen LogP contribution is 2.16. The van der Waals surface area contributed by atoms with Gasteiger partial charge in [-0.25, -0.2) is 4.98 Å². The first-order valence-corrected chi connectivity index (χ1v) is 6.37. The molecular weight excluding hydrogens is 252 g/mol. The molecule has 4 heteroatoms. The number of carbonyl (C=O) groups is 1. The van der Waals surface area contributed by atoms with Crippen molar-refractivity contribution in [2.75, 3.05) is 7.05 Å². The predicted octanol–water partition coefficient (Wildman–Crippen LogP) is 3.10. The quantitative estimate of drug-likeness (QED) is 0.731. The van der Waals surface area contributed by atoms with Gasteiger partial charge in [0.15, 0.2) is 12.0 Å². The van der Waals surface area contributed by atoms with E-state index in [9.17, 15) is 4.79 Å². The Kier molecular flexibility index (Phi) is 3.21. The van der Waals surface area contributed by atoms with E-state index < -0.39 is 0 Å². The number of oxazole rings is 1. The summed E-state index contributed by atoms with van der Waals surface area (Å²) >= 11 is 0. The third-order valence-corrected chi connectivity index (χ3v) is 3.19. The molecule has 1 heterocycles. The van der Waals surface area contributed by atoms with Crippen LogP contribution in [0.5, 0.6) is 0 Å². The Hall–Kier alpha value is -2.62. The van der Waals surface area contributed by atoms with Crippen molar-refractivity contribution in [3.63, 3.8) is 0 Å². The molecule has 0 aliphatic heterocycles. The fraction of sp³-hybridized carbons (Fsp3) is 0.125. The Bertz CT molecular complexity index is 734. The molecule has 3 aromatic rings. The number of aromatic nitrogens is 1. The highest BCUT2D eigenvalue weighted by atomic mass is 16.3. The molecule has 0 bridgehead atoms. The number of benzene rings is 2. The minimum absolute atomic E-state index is 0.0289. The summed E-state index contributed by atoms with van der Waals surface area (Å²) in [5.74, 6) is -0.0289. The van der Waals surface area contributed by atoms with Crippen molar-refractivity contribution in [3.05, 3.63) is 66.1 Å². The lowest BCUT2D eigenvalue weighted by Crippen LogP contribution is -2.26. The van der Waals surface area contributed by atoms with Gasteiger partial charge in [-0.15, -0.1) is 0 Å². The average molecular weight is 266 g/mol. The molecule has 0 saturated heterocycles. The van der Waals surface area contributed by atoms with Crippen molar-refractivity contribution in [2.45, 2.75) is 6.54 Å². The zero-order valence-electron chi connectivity index (χ0n) is 11.1. The maximum atomic E-state index is 12.4. The molecular formula is C16H14N2O2. The highest BCUT2D eigenvalue weighted by molar-refractivity contribution is 5.96. The summed E-state index contributed by atoms with van der Waals surface area (Å²) in [5.41, 5.74) is 3.10. The Morgan fingerprint density at radius 3 is 2.80 bits per heavy atom. The van der Waals surface area contributed by atoms with Gasteiger partial charge in [0, 0.05) is 19.2 Å². The molecule has 0 spiro atoms. The first-order chi connectivity index (χ1) is 9.74. The van der Waals surface area contributed by atoms with E-state index in [4.69, 9.17) is 4.42 Å². The van der Waals surface area contributed by atoms with Gasteiger partial charge in [-0.3, -0.25) is 4.79 Å². The molecule has 1 aromatic heterocycles. The highest BCUT2D eigenvalue weighted by Gasteiger charge is 2.13. The second-order valence-electron chi connectivity index (χ2n) is 4.68. The summed E-state index contributed by atoms with van der Waals surface area (Å²) in [6.07, 6.45) is 1.38. The Balaban J connectivity index is 1.80. The van der Waals surface area contributed by atoms with E-state index in [1.165, 1.54) is 6.39 Å². The predicted molar refractivity (Wildman–Crippen MR) is 76.2 cm³/mol. The van der Waals surface area contributed by atoms with Crippen molar-refractivity contribution >= 4 is 17.0 Å². The molecule has 4 nitrogen and oxygen atoms in total. The second kappa shape index (κ2) is 5.17. The summed E-state index contributed by atoms with van der Waals surface area (Å²) in [5, 5.41) is 0. The number of nitrogens with zero attached hydrogens (tertiary/aromatic N) is 2. The molecule has 20 heavy (non-hydrogen) atoms. The number of fused-ring (bicyclic) bond motifs is 1. The molecule has 1 amide bonds. The molecule has 100 valence electrons. The number of hydrogen-bond donors (Lipinski definition) is 0. The Morgan fingerprint density at radius 1 is 1.20 bits per heavy atom. The zero-order chi connectivity index (χ0) is 13.9. The molecule has 0 aliphatic rings. The van der Waals surface area contributed by atoms with Gasteiger partial charge in [0.2, 0.25) is 0 Å². The standard InChI is InChI=1S/C16H14N2O2/c1-18(10-12-5-3-2-4-6-12)16(19)13-7-8-15-14(9-13)17-11-20-15/h2-9,11H,10H2,1H3. The van der Waals surface area contributed by atoms with Crippen molar-refractivity contribution in [3.8, 4) is 0 Å². The summed E-state index contributed by atoms with van der Waals surface area (Å²) < 4.78 is 5.17. The van der Waals surface area contributed by atoms with E-state index >= 15 is 0 Å². The molecule has 0 radical (unpaired) electrons. The fourth-order valence-electron chi connectivity index (χ4n) is 2.14. The van der Waals surface area contributed by atoms with Gasteiger partial charge >= 0.3 is 0 Å². The smallest absolute Gasteiger partial charge is 0.253 e. The van der Waals surface area contributed by atoms with E-state index in [0.29, 0.717) is 23.2 Å². The van der Waals surface area contributed by atoms with Gasteiger partial charge in [-0.2, -0.15) is 0 Å². The van der Waals surface area contributed by atoms with Crippen LogP contribution in [0.3, 0.4) is 0 Å². The monoisotopic (exact) mass is 266 g/mol. The first kappa shape index (κ1) is 12.4. The summed E-state index contributed by atoms with van der Waals surface area (Å²) in [6, 6.07) is 15.2. The lowest BCUT2D eigenvalue weighted by atomic mass is 10.1. The van der Waals surface area contributed by atoms with Crippen LogP contribution in [0.2, 0.25) is 0 Å². The molecule has 3 rings (SSSR count). The van der Waals surface area contributed by atoms with E-state index in [1.807, 2.05) is 30.3 Å². The third-order valence-electron chi connectivity index (χ3n) is 3.19. The fourth-order valence-corrected chi connectivity index (χ4v) is 2.14. The lowest BCUT2D eigenvalue weighted by molar-refractivity contribution is 0.0785. The summed E-state index contributed by atoms with van der Waals surface area (Å²) in [6.45, 7) is 0.580. The van der Waals surface area contributed by atoms with Gasteiger partial charge in [0.1, 0.15) is 5.52 Å². The molecule has 0 N–H and O–H groups in total. The molecule has 0 atom stereocenters. The van der Waals surface area contributed by atoms with Crippen molar-refractivity contribution in [1.29, 1.82) is 0 Å². The topological polar surface area (TPSA) is 46.3 Å². The zero-order valence-corrected chi connectivity index (χ0v) is 11.1. The van der Waals surface area contributed by atoms with Crippen LogP contribution in [0, 0.1) is 0 Å². The molecule has 0 saturated carbocycles. The van der Waals surface area contributed by atoms with Gasteiger partial charge in [0.25, 0.3) is 5.91 Å². The number of hydrogen-bond acceptors (Lipinski definition) is 3. The third kappa shape index (κ3) is 2.40. The van der Waals surface area contributed by atoms with E-state index in [-0.39, 0.29) is 5.91 Å². The largest absolute Gasteiger partial charge is 0.443 e. The van der Waals surface area contributed by atoms with Gasteiger partial charge < -0.3 is 9.32 Å². The maximum absolute atomic E-state index is 12.4. The van der Waals surface area contributed by atoms with Crippen LogP contribution in [0.4, 0.5) is 0 Å². The minimum Gasteiger partial charge on any atom is -0.443 e. The van der Waals surface area contributed by atoms with Crippen LogP contribution >= 0.6 is 0 Å². The molecule has 0 aliphatic carbocycles. The summed E-state index contributed by atoms with van der Waals surface area (Å²) in [7, 11) is 1.79. The van der Waals surface area contributed by atoms with Crippen LogP contribution in [0.1, 0.15) is 15.9 Å². The number of rotatable bonds is 3. The van der Waals surface area contributed by atoms with Crippen LogP contribution in [0.25, 0.3) is 11.1 Å². The van der Waals surface area contributed by atoms with Crippen LogP contribution in [-0.4, -0.2) is 22.8 Å². The van der Waals surface area contributed by atoms with Gasteiger partial charge in [-0.1, -0.05) is 30.3 Å². The number of amides is 1. The lowest BCUT2D eigenvalue weighted by Gasteiger charge is -2.17. The minimum atomic E-state index is -0.0289. The Morgan fingerprint density at radius 2 is 2.00 bits per heavy atom. The molecule has 2 aromatic carbocycles. The first-order valence-electron chi connectivity index (χ1n) is 6.37. The van der Waals surface area contributed by atoms with Crippen molar-refractivity contribution in [1.82, 2.24) is 9.88 Å². The normalized spacial score (nSPS) is 10.7. The molecule has 0 fully saturated rings. The maximum Gasteiger partial charge on any atom is 0.253 e. The number of carbonyl (C=O) groups excluding carboxylic acids is 1. The van der Waals surface area contributed by atoms with Crippen LogP contribution < -0.4 is 0 Å². The van der Waals surface area contributed by atoms with Crippen molar-refractivity contribution < 1.29 is 9.21 Å². The summed E-state index contributed by atoms with van der Waals surface area (Å²) in [4.78, 5) is 18.1. The molecule has 0 unspecified atom stereocenters. The van der Waals surface area contributed by atoms with E-state index in [2.05, 4.69) is 4.98 Å². The van der Waals surface area contributed by atoms with Crippen LogP contribution in [-0.2, 0) is 6.54 Å². The van der Waals surface area contributed by atoms with E-state index in [1.54, 1.807) is 30.1 Å².